The summed E-state index contributed by atoms with van der Waals surface area (Å²) in [7, 11) is 0. The summed E-state index contributed by atoms with van der Waals surface area (Å²) in [6, 6.07) is 9.72. The van der Waals surface area contributed by atoms with Crippen LogP contribution in [-0.4, -0.2) is 29.1 Å². The summed E-state index contributed by atoms with van der Waals surface area (Å²) < 4.78 is 10.8. The minimum absolute atomic E-state index is 0.148. The Hall–Kier alpha value is -2.82. The molecule has 3 aliphatic rings. The lowest BCUT2D eigenvalue weighted by Crippen LogP contribution is -2.37. The van der Waals surface area contributed by atoms with Gasteiger partial charge < -0.3 is 14.4 Å². The molecule has 3 atom stereocenters. The third-order valence-electron chi connectivity index (χ3n) is 6.11. The molecule has 1 amide bonds. The molecule has 1 aromatic heterocycles. The van der Waals surface area contributed by atoms with Crippen LogP contribution in [0.1, 0.15) is 24.0 Å². The average Bonchev–Trinajstić information content (AvgIpc) is 3.45. The topological polar surface area (TPSA) is 51.7 Å². The Labute approximate surface area is 165 Å². The Kier molecular flexibility index (Phi) is 4.51. The Morgan fingerprint density at radius 2 is 2.04 bits per heavy atom. The molecule has 28 heavy (non-hydrogen) atoms. The fraction of sp³-hybridized carbons (Fsp3) is 0.391. The lowest BCUT2D eigenvalue weighted by atomic mass is 9.92. The van der Waals surface area contributed by atoms with E-state index in [1.165, 1.54) is 12.8 Å². The van der Waals surface area contributed by atoms with E-state index in [0.29, 0.717) is 30.7 Å². The molecule has 0 saturated heterocycles. The van der Waals surface area contributed by atoms with Crippen LogP contribution in [0.15, 0.2) is 54.9 Å². The van der Waals surface area contributed by atoms with Crippen molar-refractivity contribution in [3.8, 4) is 11.5 Å². The number of allylic oxidation sites excluding steroid dienone is 2. The van der Waals surface area contributed by atoms with Gasteiger partial charge in [-0.25, -0.2) is 0 Å². The zero-order valence-corrected chi connectivity index (χ0v) is 15.8. The van der Waals surface area contributed by atoms with E-state index in [2.05, 4.69) is 17.1 Å². The molecule has 2 aromatic rings. The molecule has 0 N–H and O–H groups in total. The summed E-state index contributed by atoms with van der Waals surface area (Å²) in [4.78, 5) is 19.5. The molecule has 5 heteroatoms. The van der Waals surface area contributed by atoms with E-state index < -0.39 is 0 Å². The summed E-state index contributed by atoms with van der Waals surface area (Å²) in [6.07, 6.45) is 11.1. The van der Waals surface area contributed by atoms with Crippen molar-refractivity contribution in [3.05, 3.63) is 66.0 Å². The molecule has 0 radical (unpaired) electrons. The molecule has 1 fully saturated rings. The van der Waals surface area contributed by atoms with E-state index in [4.69, 9.17) is 9.47 Å². The van der Waals surface area contributed by atoms with Gasteiger partial charge in [0.15, 0.2) is 11.5 Å². The molecule has 0 spiro atoms. The first kappa shape index (κ1) is 17.3. The van der Waals surface area contributed by atoms with Crippen molar-refractivity contribution in [2.24, 2.45) is 17.8 Å². The standard InChI is InChI=1S/C23H24N2O3/c26-23(11-17-4-6-21-22(10-17)28-15-27-21)25(13-18-2-1-7-24-12-18)14-20-9-16-3-5-19(20)8-16/h1-7,10,12,16,19-20H,8-9,11,13-15H2/t16-,19+,20-/m1/s1. The number of ether oxygens (including phenoxy) is 2. The van der Waals surface area contributed by atoms with Gasteiger partial charge in [0.2, 0.25) is 12.7 Å². The molecule has 1 aliphatic heterocycles. The third-order valence-corrected chi connectivity index (χ3v) is 6.11. The number of benzene rings is 1. The van der Waals surface area contributed by atoms with Crippen LogP contribution >= 0.6 is 0 Å². The van der Waals surface area contributed by atoms with Crippen LogP contribution in [0.2, 0.25) is 0 Å². The molecule has 1 saturated carbocycles. The van der Waals surface area contributed by atoms with Crippen molar-refractivity contribution in [2.75, 3.05) is 13.3 Å². The summed E-state index contributed by atoms with van der Waals surface area (Å²) in [5, 5.41) is 0. The molecular formula is C23H24N2O3. The second-order valence-corrected chi connectivity index (χ2v) is 8.04. The molecule has 5 nitrogen and oxygen atoms in total. The first-order valence-corrected chi connectivity index (χ1v) is 9.98. The first-order chi connectivity index (χ1) is 13.7. The lowest BCUT2D eigenvalue weighted by Gasteiger charge is -2.29. The third kappa shape index (κ3) is 3.49. The Morgan fingerprint density at radius 3 is 2.82 bits per heavy atom. The summed E-state index contributed by atoms with van der Waals surface area (Å²) in [6.45, 7) is 1.66. The number of amides is 1. The molecule has 5 rings (SSSR count). The highest BCUT2D eigenvalue weighted by molar-refractivity contribution is 5.79. The largest absolute Gasteiger partial charge is 0.454 e. The van der Waals surface area contributed by atoms with Gasteiger partial charge in [0.1, 0.15) is 0 Å². The molecule has 1 aromatic carbocycles. The molecule has 0 unspecified atom stereocenters. The minimum atomic E-state index is 0.148. The van der Waals surface area contributed by atoms with Gasteiger partial charge in [-0.05, 0) is 59.9 Å². The van der Waals surface area contributed by atoms with Gasteiger partial charge in [0, 0.05) is 25.5 Å². The number of carbonyl (C=O) groups is 1. The van der Waals surface area contributed by atoms with Gasteiger partial charge in [-0.3, -0.25) is 9.78 Å². The normalized spacial score (nSPS) is 23.9. The summed E-state index contributed by atoms with van der Waals surface area (Å²) >= 11 is 0. The highest BCUT2D eigenvalue weighted by Gasteiger charge is 2.37. The number of fused-ring (bicyclic) bond motifs is 3. The quantitative estimate of drug-likeness (QED) is 0.723. The van der Waals surface area contributed by atoms with Crippen molar-refractivity contribution in [1.82, 2.24) is 9.88 Å². The second-order valence-electron chi connectivity index (χ2n) is 8.04. The predicted molar refractivity (Wildman–Crippen MR) is 105 cm³/mol. The molecule has 144 valence electrons. The second kappa shape index (κ2) is 7.30. The van der Waals surface area contributed by atoms with Crippen molar-refractivity contribution in [3.63, 3.8) is 0 Å². The maximum atomic E-state index is 13.2. The zero-order chi connectivity index (χ0) is 18.9. The number of hydrogen-bond acceptors (Lipinski definition) is 4. The van der Waals surface area contributed by atoms with E-state index >= 15 is 0 Å². The lowest BCUT2D eigenvalue weighted by molar-refractivity contribution is -0.131. The maximum Gasteiger partial charge on any atom is 0.231 e. The highest BCUT2D eigenvalue weighted by Crippen LogP contribution is 2.43. The number of hydrogen-bond donors (Lipinski definition) is 0. The molecule has 2 bridgehead atoms. The van der Waals surface area contributed by atoms with Crippen molar-refractivity contribution in [1.29, 1.82) is 0 Å². The summed E-state index contributed by atoms with van der Waals surface area (Å²) in [5.41, 5.74) is 2.03. The van der Waals surface area contributed by atoms with E-state index in [1.807, 2.05) is 41.4 Å². The van der Waals surface area contributed by atoms with Crippen LogP contribution in [0, 0.1) is 17.8 Å². The Bertz CT molecular complexity index is 896. The van der Waals surface area contributed by atoms with E-state index in [1.54, 1.807) is 6.20 Å². The molecule has 2 aliphatic carbocycles. The average molecular weight is 376 g/mol. The van der Waals surface area contributed by atoms with Crippen molar-refractivity contribution in [2.45, 2.75) is 25.8 Å². The zero-order valence-electron chi connectivity index (χ0n) is 15.8. The first-order valence-electron chi connectivity index (χ1n) is 9.98. The van der Waals surface area contributed by atoms with Crippen LogP contribution in [0.4, 0.5) is 0 Å². The Balaban J connectivity index is 1.32. The number of rotatable bonds is 6. The smallest absolute Gasteiger partial charge is 0.231 e. The monoisotopic (exact) mass is 376 g/mol. The van der Waals surface area contributed by atoms with E-state index in [9.17, 15) is 4.79 Å². The number of aromatic nitrogens is 1. The van der Waals surface area contributed by atoms with Crippen LogP contribution in [-0.2, 0) is 17.8 Å². The van der Waals surface area contributed by atoms with Gasteiger partial charge in [-0.1, -0.05) is 24.3 Å². The number of nitrogens with zero attached hydrogens (tertiary/aromatic N) is 2. The van der Waals surface area contributed by atoms with E-state index in [-0.39, 0.29) is 12.7 Å². The van der Waals surface area contributed by atoms with Crippen LogP contribution in [0.25, 0.3) is 0 Å². The van der Waals surface area contributed by atoms with Gasteiger partial charge in [-0.2, -0.15) is 0 Å². The van der Waals surface area contributed by atoms with Gasteiger partial charge >= 0.3 is 0 Å². The van der Waals surface area contributed by atoms with Gasteiger partial charge in [0.05, 0.1) is 6.42 Å². The van der Waals surface area contributed by atoms with Crippen molar-refractivity contribution < 1.29 is 14.3 Å². The van der Waals surface area contributed by atoms with Crippen LogP contribution < -0.4 is 9.47 Å². The number of carbonyl (C=O) groups excluding carboxylic acids is 1. The molecule has 2 heterocycles. The SMILES string of the molecule is O=C(Cc1ccc2c(c1)OCO2)N(Cc1cccnc1)C[C@H]1C[C@@H]2C=C[C@H]1C2. The van der Waals surface area contributed by atoms with Crippen LogP contribution in [0.3, 0.4) is 0 Å². The fourth-order valence-electron chi connectivity index (χ4n) is 4.69. The van der Waals surface area contributed by atoms with Crippen LogP contribution in [0.5, 0.6) is 11.5 Å². The highest BCUT2D eigenvalue weighted by atomic mass is 16.7. The van der Waals surface area contributed by atoms with Gasteiger partial charge in [0.25, 0.3) is 0 Å². The van der Waals surface area contributed by atoms with Gasteiger partial charge in [-0.15, -0.1) is 0 Å². The van der Waals surface area contributed by atoms with E-state index in [0.717, 1.165) is 29.2 Å². The molecular weight excluding hydrogens is 352 g/mol. The minimum Gasteiger partial charge on any atom is -0.454 e. The summed E-state index contributed by atoms with van der Waals surface area (Å²) in [5.74, 6) is 3.51. The van der Waals surface area contributed by atoms with Crippen molar-refractivity contribution >= 4 is 5.91 Å². The maximum absolute atomic E-state index is 13.2. The number of pyridine rings is 1. The fourth-order valence-corrected chi connectivity index (χ4v) is 4.69. The predicted octanol–water partition coefficient (Wildman–Crippen LogP) is 3.59. The Morgan fingerprint density at radius 1 is 1.11 bits per heavy atom.